The van der Waals surface area contributed by atoms with Crippen molar-refractivity contribution in [3.63, 3.8) is 0 Å². The Kier molecular flexibility index (Phi) is 2.62. The molecule has 0 aliphatic carbocycles. The van der Waals surface area contributed by atoms with Crippen molar-refractivity contribution in [2.45, 2.75) is 27.2 Å². The van der Waals surface area contributed by atoms with Crippen LogP contribution < -0.4 is 0 Å². The second kappa shape index (κ2) is 2.59. The maximum Gasteiger partial charge on any atom is 0.153 e. The van der Waals surface area contributed by atoms with Gasteiger partial charge in [-0.15, -0.1) is 0 Å². The predicted octanol–water partition coefficient (Wildman–Crippen LogP) is 1.82. The lowest BCUT2D eigenvalue weighted by Crippen LogP contribution is -2.16. The average molecular weight is 132 g/mol. The third kappa shape index (κ3) is 1.92. The Morgan fingerprint density at radius 2 is 2.00 bits per heavy atom. The van der Waals surface area contributed by atoms with Gasteiger partial charge in [-0.3, -0.25) is 4.79 Å². The second-order valence-electron chi connectivity index (χ2n) is 2.60. The molecule has 2 heteroatoms. The van der Waals surface area contributed by atoms with Crippen LogP contribution in [-0.2, 0) is 4.79 Å². The molecule has 0 rings (SSSR count). The van der Waals surface area contributed by atoms with Crippen LogP contribution >= 0.6 is 9.24 Å². The average Bonchev–Trinajstić information content (AvgIpc) is 1.67. The van der Waals surface area contributed by atoms with Crippen molar-refractivity contribution in [3.8, 4) is 0 Å². The smallest absolute Gasteiger partial charge is 0.153 e. The Hall–Kier alpha value is 0.100. The molecule has 0 aromatic rings. The molecule has 8 heavy (non-hydrogen) atoms. The molecule has 1 atom stereocenters. The molecule has 48 valence electrons. The first-order chi connectivity index (χ1) is 3.50. The van der Waals surface area contributed by atoms with Crippen LogP contribution in [0.4, 0.5) is 0 Å². The van der Waals surface area contributed by atoms with Crippen LogP contribution in [0.1, 0.15) is 27.2 Å². The van der Waals surface area contributed by atoms with Crippen molar-refractivity contribution in [2.75, 3.05) is 0 Å². The summed E-state index contributed by atoms with van der Waals surface area (Å²) >= 11 is 0. The summed E-state index contributed by atoms with van der Waals surface area (Å²) in [5.74, 6) is 0. The molecule has 0 saturated carbocycles. The zero-order valence-corrected chi connectivity index (χ0v) is 6.85. The Labute approximate surface area is 53.1 Å². The summed E-state index contributed by atoms with van der Waals surface area (Å²) in [6.45, 7) is 5.91. The summed E-state index contributed by atoms with van der Waals surface area (Å²) < 4.78 is 0. The van der Waals surface area contributed by atoms with Crippen molar-refractivity contribution in [1.82, 2.24) is 0 Å². The Bertz CT molecular complexity index is 96.7. The second-order valence-corrected chi connectivity index (χ2v) is 3.13. The summed E-state index contributed by atoms with van der Waals surface area (Å²) in [6.07, 6.45) is 0.912. The van der Waals surface area contributed by atoms with E-state index in [0.717, 1.165) is 6.42 Å². The summed E-state index contributed by atoms with van der Waals surface area (Å²) in [7, 11) is 2.21. The fraction of sp³-hybridized carbons (Fsp3) is 0.833. The molecule has 0 aliphatic heterocycles. The van der Waals surface area contributed by atoms with Crippen LogP contribution in [0.2, 0.25) is 0 Å². The van der Waals surface area contributed by atoms with E-state index in [1.807, 2.05) is 20.8 Å². The Morgan fingerprint density at radius 3 is 2.00 bits per heavy atom. The molecule has 0 N–H and O–H groups in total. The van der Waals surface area contributed by atoms with Crippen molar-refractivity contribution < 1.29 is 4.79 Å². The highest BCUT2D eigenvalue weighted by Crippen LogP contribution is 2.23. The molecule has 0 bridgehead atoms. The summed E-state index contributed by atoms with van der Waals surface area (Å²) in [6, 6.07) is 0. The fourth-order valence-electron chi connectivity index (χ4n) is 0.174. The molecular weight excluding hydrogens is 119 g/mol. The van der Waals surface area contributed by atoms with Crippen molar-refractivity contribution in [2.24, 2.45) is 5.41 Å². The van der Waals surface area contributed by atoms with Gasteiger partial charge in [-0.25, -0.2) is 0 Å². The minimum Gasteiger partial charge on any atom is -0.295 e. The quantitative estimate of drug-likeness (QED) is 0.524. The monoisotopic (exact) mass is 132 g/mol. The van der Waals surface area contributed by atoms with Gasteiger partial charge in [0.25, 0.3) is 0 Å². The third-order valence-corrected chi connectivity index (χ3v) is 2.33. The molecule has 0 aromatic carbocycles. The molecule has 0 amide bonds. The van der Waals surface area contributed by atoms with Crippen molar-refractivity contribution in [3.05, 3.63) is 0 Å². The minimum absolute atomic E-state index is 0.134. The first-order valence-corrected chi connectivity index (χ1v) is 3.38. The normalized spacial score (nSPS) is 11.5. The number of carbonyl (C=O) groups excluding carboxylic acids is 1. The molecule has 0 heterocycles. The highest BCUT2D eigenvalue weighted by molar-refractivity contribution is 7.40. The van der Waals surface area contributed by atoms with Crippen LogP contribution in [0.25, 0.3) is 0 Å². The Morgan fingerprint density at radius 1 is 1.62 bits per heavy atom. The van der Waals surface area contributed by atoms with Crippen molar-refractivity contribution in [1.29, 1.82) is 0 Å². The van der Waals surface area contributed by atoms with Gasteiger partial charge in [-0.1, -0.05) is 30.0 Å². The lowest BCUT2D eigenvalue weighted by Gasteiger charge is -2.16. The molecule has 0 saturated heterocycles. The van der Waals surface area contributed by atoms with E-state index in [0.29, 0.717) is 0 Å². The van der Waals surface area contributed by atoms with Crippen LogP contribution in [-0.4, -0.2) is 5.52 Å². The number of hydrogen-bond acceptors (Lipinski definition) is 1. The first kappa shape index (κ1) is 8.10. The SMILES string of the molecule is CCC(C)(C)C(=O)P. The van der Waals surface area contributed by atoms with E-state index in [4.69, 9.17) is 0 Å². The molecule has 0 spiro atoms. The van der Waals surface area contributed by atoms with E-state index >= 15 is 0 Å². The van der Waals surface area contributed by atoms with E-state index in [2.05, 4.69) is 9.24 Å². The predicted molar refractivity (Wildman–Crippen MR) is 38.8 cm³/mol. The topological polar surface area (TPSA) is 17.1 Å². The molecule has 0 radical (unpaired) electrons. The molecule has 0 fully saturated rings. The maximum absolute atomic E-state index is 10.7. The molecule has 1 unspecified atom stereocenters. The van der Waals surface area contributed by atoms with Gasteiger partial charge in [0.2, 0.25) is 0 Å². The first-order valence-electron chi connectivity index (χ1n) is 2.80. The lowest BCUT2D eigenvalue weighted by molar-refractivity contribution is -0.118. The van der Waals surface area contributed by atoms with E-state index < -0.39 is 0 Å². The van der Waals surface area contributed by atoms with E-state index in [-0.39, 0.29) is 10.9 Å². The maximum atomic E-state index is 10.7. The van der Waals surface area contributed by atoms with E-state index in [1.54, 1.807) is 0 Å². The highest BCUT2D eigenvalue weighted by Gasteiger charge is 2.20. The molecular formula is C6H13OP. The summed E-state index contributed by atoms with van der Waals surface area (Å²) in [5.41, 5.74) is 0.0602. The number of rotatable bonds is 2. The minimum atomic E-state index is -0.134. The standard InChI is InChI=1S/C6H13OP/c1-4-6(2,3)5(7)8/h4,8H2,1-3H3. The van der Waals surface area contributed by atoms with Gasteiger partial charge in [0.1, 0.15) is 0 Å². The van der Waals surface area contributed by atoms with Gasteiger partial charge in [0.05, 0.1) is 0 Å². The van der Waals surface area contributed by atoms with Crippen LogP contribution in [0, 0.1) is 5.41 Å². The summed E-state index contributed by atoms with van der Waals surface area (Å²) in [4.78, 5) is 10.7. The van der Waals surface area contributed by atoms with Crippen LogP contribution in [0.3, 0.4) is 0 Å². The Balaban J connectivity index is 3.91. The van der Waals surface area contributed by atoms with Gasteiger partial charge in [0, 0.05) is 5.41 Å². The van der Waals surface area contributed by atoms with Gasteiger partial charge in [-0.05, 0) is 6.42 Å². The third-order valence-electron chi connectivity index (χ3n) is 1.55. The van der Waals surface area contributed by atoms with E-state index in [1.165, 1.54) is 0 Å². The molecule has 0 aromatic heterocycles. The zero-order chi connectivity index (χ0) is 6.78. The van der Waals surface area contributed by atoms with Gasteiger partial charge in [-0.2, -0.15) is 0 Å². The number of hydrogen-bond donors (Lipinski definition) is 0. The van der Waals surface area contributed by atoms with Gasteiger partial charge >= 0.3 is 0 Å². The lowest BCUT2D eigenvalue weighted by atomic mass is 9.92. The zero-order valence-electron chi connectivity index (χ0n) is 5.69. The van der Waals surface area contributed by atoms with E-state index in [9.17, 15) is 4.79 Å². The van der Waals surface area contributed by atoms with Crippen LogP contribution in [0.15, 0.2) is 0 Å². The molecule has 0 aliphatic rings. The fourth-order valence-corrected chi connectivity index (χ4v) is 0.378. The largest absolute Gasteiger partial charge is 0.295 e. The van der Waals surface area contributed by atoms with Gasteiger partial charge in [0.15, 0.2) is 5.52 Å². The summed E-state index contributed by atoms with van der Waals surface area (Å²) in [5, 5.41) is 0. The molecule has 1 nitrogen and oxygen atoms in total. The highest BCUT2D eigenvalue weighted by atomic mass is 31.0. The number of carbonyl (C=O) groups is 1. The van der Waals surface area contributed by atoms with Gasteiger partial charge < -0.3 is 0 Å². The van der Waals surface area contributed by atoms with Crippen molar-refractivity contribution >= 4 is 14.8 Å². The van der Waals surface area contributed by atoms with Crippen LogP contribution in [0.5, 0.6) is 0 Å².